The zero-order chi connectivity index (χ0) is 21.7. The van der Waals surface area contributed by atoms with Crippen LogP contribution in [0.3, 0.4) is 0 Å². The number of rotatable bonds is 1. The number of aliphatic hydroxyl groups is 1. The van der Waals surface area contributed by atoms with Crippen molar-refractivity contribution < 1.29 is 5.11 Å². The summed E-state index contributed by atoms with van der Waals surface area (Å²) in [5.74, 6) is 5.09. The van der Waals surface area contributed by atoms with Crippen molar-refractivity contribution in [3.63, 3.8) is 0 Å². The van der Waals surface area contributed by atoms with E-state index in [1.54, 1.807) is 0 Å². The summed E-state index contributed by atoms with van der Waals surface area (Å²) in [7, 11) is 0. The van der Waals surface area contributed by atoms with Crippen LogP contribution in [-0.4, -0.2) is 11.2 Å². The van der Waals surface area contributed by atoms with Crippen molar-refractivity contribution in [3.8, 4) is 0 Å². The molecule has 0 heterocycles. The van der Waals surface area contributed by atoms with Crippen molar-refractivity contribution in [3.05, 3.63) is 12.2 Å². The molecule has 5 saturated carbocycles. The van der Waals surface area contributed by atoms with Crippen molar-refractivity contribution in [2.45, 2.75) is 112 Å². The lowest BCUT2D eigenvalue weighted by Crippen LogP contribution is -2.65. The minimum absolute atomic E-state index is 0.0697. The normalized spacial score (nSPS) is 57.0. The van der Waals surface area contributed by atoms with Crippen LogP contribution in [0.2, 0.25) is 0 Å². The van der Waals surface area contributed by atoms with Crippen molar-refractivity contribution >= 4 is 0 Å². The number of allylic oxidation sites excluding steroid dienone is 1. The lowest BCUT2D eigenvalue weighted by atomic mass is 9.33. The molecule has 5 fully saturated rings. The summed E-state index contributed by atoms with van der Waals surface area (Å²) in [5, 5.41) is 10.9. The van der Waals surface area contributed by atoms with Crippen molar-refractivity contribution in [1.29, 1.82) is 0 Å². The second-order valence-corrected chi connectivity index (χ2v) is 14.0. The third-order valence-electron chi connectivity index (χ3n) is 12.9. The van der Waals surface area contributed by atoms with Crippen LogP contribution < -0.4 is 0 Å². The highest BCUT2D eigenvalue weighted by molar-refractivity contribution is 5.19. The Morgan fingerprint density at radius 1 is 0.767 bits per heavy atom. The first kappa shape index (κ1) is 21.5. The summed E-state index contributed by atoms with van der Waals surface area (Å²) in [5.41, 5.74) is 2.90. The fourth-order valence-electron chi connectivity index (χ4n) is 11.2. The van der Waals surface area contributed by atoms with Crippen LogP contribution >= 0.6 is 0 Å². The van der Waals surface area contributed by atoms with Crippen molar-refractivity contribution in [1.82, 2.24) is 0 Å². The molecule has 1 nitrogen and oxygen atoms in total. The van der Waals surface area contributed by atoms with Gasteiger partial charge in [-0.15, -0.1) is 0 Å². The van der Waals surface area contributed by atoms with E-state index in [9.17, 15) is 5.11 Å². The fraction of sp³-hybridized carbons (Fsp3) is 0.931. The molecule has 170 valence electrons. The maximum Gasteiger partial charge on any atom is 0.0594 e. The summed E-state index contributed by atoms with van der Waals surface area (Å²) in [6.07, 6.45) is 13.5. The Morgan fingerprint density at radius 2 is 1.47 bits per heavy atom. The van der Waals surface area contributed by atoms with Gasteiger partial charge in [0, 0.05) is 0 Å². The topological polar surface area (TPSA) is 20.2 Å². The highest BCUT2D eigenvalue weighted by Crippen LogP contribution is 2.76. The Labute approximate surface area is 186 Å². The monoisotopic (exact) mass is 412 g/mol. The maximum atomic E-state index is 10.9. The number of hydrogen-bond acceptors (Lipinski definition) is 1. The van der Waals surface area contributed by atoms with Crippen LogP contribution in [0.15, 0.2) is 12.2 Å². The van der Waals surface area contributed by atoms with Crippen LogP contribution in [0, 0.1) is 57.2 Å². The van der Waals surface area contributed by atoms with E-state index >= 15 is 0 Å². The number of aliphatic hydroxyl groups excluding tert-OH is 1. The fourth-order valence-corrected chi connectivity index (χ4v) is 11.2. The molecule has 0 aliphatic heterocycles. The standard InChI is InChI=1S/C29H48O/c1-18(2)20-9-8-19-12-16-28(6)21(25(19)20)10-11-23-27(5)15-14-24(30)26(3,4)22(27)13-17-29(23,28)7/h19-25,30H,1,8-17H2,2-7H3/t19-,20+,21-,22+,23-,24+,25-,27+,28-,29-/m1/s1. The van der Waals surface area contributed by atoms with Gasteiger partial charge in [0.15, 0.2) is 0 Å². The molecule has 0 radical (unpaired) electrons. The smallest absolute Gasteiger partial charge is 0.0594 e. The molecule has 1 N–H and O–H groups in total. The van der Waals surface area contributed by atoms with E-state index in [4.69, 9.17) is 0 Å². The van der Waals surface area contributed by atoms with E-state index in [1.165, 1.54) is 63.4 Å². The molecule has 0 aromatic carbocycles. The van der Waals surface area contributed by atoms with E-state index in [-0.39, 0.29) is 11.5 Å². The first-order valence-corrected chi connectivity index (χ1v) is 13.3. The zero-order valence-electron chi connectivity index (χ0n) is 20.8. The van der Waals surface area contributed by atoms with Crippen molar-refractivity contribution in [2.24, 2.45) is 57.2 Å². The van der Waals surface area contributed by atoms with Crippen LogP contribution in [-0.2, 0) is 0 Å². The highest BCUT2D eigenvalue weighted by atomic mass is 16.3. The molecule has 1 heteroatoms. The Hall–Kier alpha value is -0.300. The highest BCUT2D eigenvalue weighted by Gasteiger charge is 2.68. The van der Waals surface area contributed by atoms with Crippen LogP contribution in [0.5, 0.6) is 0 Å². The second-order valence-electron chi connectivity index (χ2n) is 14.0. The summed E-state index contributed by atoms with van der Waals surface area (Å²) in [6.45, 7) is 19.6. The van der Waals surface area contributed by atoms with Crippen LogP contribution in [0.4, 0.5) is 0 Å². The van der Waals surface area contributed by atoms with Gasteiger partial charge in [-0.25, -0.2) is 0 Å². The van der Waals surface area contributed by atoms with Gasteiger partial charge in [0.1, 0.15) is 0 Å². The minimum atomic E-state index is -0.114. The van der Waals surface area contributed by atoms with Gasteiger partial charge >= 0.3 is 0 Å². The quantitative estimate of drug-likeness (QED) is 0.439. The number of hydrogen-bond donors (Lipinski definition) is 1. The van der Waals surface area contributed by atoms with Gasteiger partial charge in [-0.05, 0) is 128 Å². The second kappa shape index (κ2) is 6.61. The molecule has 0 amide bonds. The molecule has 5 aliphatic carbocycles. The van der Waals surface area contributed by atoms with Gasteiger partial charge in [0.25, 0.3) is 0 Å². The Kier molecular flexibility index (Phi) is 4.75. The third kappa shape index (κ3) is 2.51. The molecule has 0 bridgehead atoms. The summed E-state index contributed by atoms with van der Waals surface area (Å²) in [6, 6.07) is 0. The van der Waals surface area contributed by atoms with E-state index in [0.717, 1.165) is 36.0 Å². The average molecular weight is 413 g/mol. The molecular weight excluding hydrogens is 364 g/mol. The minimum Gasteiger partial charge on any atom is -0.393 e. The van der Waals surface area contributed by atoms with Crippen LogP contribution in [0.1, 0.15) is 106 Å². The summed E-state index contributed by atoms with van der Waals surface area (Å²) >= 11 is 0. The van der Waals surface area contributed by atoms with E-state index < -0.39 is 0 Å². The van der Waals surface area contributed by atoms with Gasteiger partial charge in [-0.2, -0.15) is 0 Å². The first-order valence-electron chi connectivity index (χ1n) is 13.3. The van der Waals surface area contributed by atoms with Gasteiger partial charge in [0.2, 0.25) is 0 Å². The molecule has 5 aliphatic rings. The molecule has 30 heavy (non-hydrogen) atoms. The molecule has 5 rings (SSSR count). The summed E-state index contributed by atoms with van der Waals surface area (Å²) in [4.78, 5) is 0. The maximum absolute atomic E-state index is 10.9. The molecule has 10 atom stereocenters. The van der Waals surface area contributed by atoms with E-state index in [1.807, 2.05) is 0 Å². The first-order chi connectivity index (χ1) is 14.0. The van der Waals surface area contributed by atoms with Gasteiger partial charge in [0.05, 0.1) is 6.10 Å². The SMILES string of the molecule is C=C(C)[C@@H]1CC[C@@H]2CC[C@]3(C)[C@H](CC[C@@H]4[C@@]5(C)CC[C@H](O)C(C)(C)[C@@H]5CC[C@]43C)[C@H]21. The van der Waals surface area contributed by atoms with Gasteiger partial charge in [-0.3, -0.25) is 0 Å². The molecule has 0 aromatic rings. The Bertz CT molecular complexity index is 722. The molecule has 0 unspecified atom stereocenters. The lowest BCUT2D eigenvalue weighted by molar-refractivity contribution is -0.240. The third-order valence-corrected chi connectivity index (χ3v) is 12.9. The van der Waals surface area contributed by atoms with Gasteiger partial charge in [-0.1, -0.05) is 46.8 Å². The molecular formula is C29H48O. The van der Waals surface area contributed by atoms with E-state index in [2.05, 4.69) is 48.1 Å². The Morgan fingerprint density at radius 3 is 2.17 bits per heavy atom. The largest absolute Gasteiger partial charge is 0.393 e. The van der Waals surface area contributed by atoms with E-state index in [0.29, 0.717) is 22.2 Å². The van der Waals surface area contributed by atoms with Crippen LogP contribution in [0.25, 0.3) is 0 Å². The Balaban J connectivity index is 1.53. The average Bonchev–Trinajstić information content (AvgIpc) is 3.10. The lowest BCUT2D eigenvalue weighted by Gasteiger charge is -2.72. The number of fused-ring (bicyclic) bond motifs is 7. The predicted octanol–water partition coefficient (Wildman–Crippen LogP) is 7.63. The van der Waals surface area contributed by atoms with Crippen molar-refractivity contribution in [2.75, 3.05) is 0 Å². The molecule has 0 spiro atoms. The zero-order valence-corrected chi connectivity index (χ0v) is 20.8. The molecule has 0 aromatic heterocycles. The predicted molar refractivity (Wildman–Crippen MR) is 126 cm³/mol. The summed E-state index contributed by atoms with van der Waals surface area (Å²) < 4.78 is 0. The molecule has 0 saturated heterocycles. The van der Waals surface area contributed by atoms with Gasteiger partial charge < -0.3 is 5.11 Å².